The molecule has 0 bridgehead atoms. The van der Waals surface area contributed by atoms with Crippen LogP contribution in [0.15, 0.2) is 24.3 Å². The molecule has 1 aromatic rings. The molecule has 4 N–H and O–H groups in total. The first kappa shape index (κ1) is 22.4. The topological polar surface area (TPSA) is 84.2 Å². The number of hydrogen-bond donors (Lipinski definition) is 3. The summed E-state index contributed by atoms with van der Waals surface area (Å²) >= 11 is 0. The summed E-state index contributed by atoms with van der Waals surface area (Å²) < 4.78 is 0. The minimum absolute atomic E-state index is 0. The van der Waals surface area contributed by atoms with Crippen molar-refractivity contribution in [1.82, 2.24) is 10.6 Å². The first-order chi connectivity index (χ1) is 10.6. The maximum Gasteiger partial charge on any atom is 0.239 e. The molecule has 0 heterocycles. The number of benzene rings is 1. The molecule has 0 unspecified atom stereocenters. The number of nitrogens with one attached hydrogen (secondary N) is 2. The lowest BCUT2D eigenvalue weighted by molar-refractivity contribution is -0.128. The molecule has 136 valence electrons. The van der Waals surface area contributed by atoms with Crippen LogP contribution in [0.5, 0.6) is 0 Å². The SMILES string of the molecule is Cc1ccccc1CC(C)(C)NC(=O)CNC(=O)[C@@H](N)C(C)C.Cl. The third-order valence-corrected chi connectivity index (χ3v) is 3.82. The molecule has 0 saturated heterocycles. The van der Waals surface area contributed by atoms with Gasteiger partial charge in [-0.25, -0.2) is 0 Å². The molecule has 0 spiro atoms. The second kappa shape index (κ2) is 9.64. The average molecular weight is 356 g/mol. The van der Waals surface area contributed by atoms with Crippen molar-refractivity contribution >= 4 is 24.2 Å². The minimum atomic E-state index is -0.595. The standard InChI is InChI=1S/C18H29N3O2.ClH/c1-12(2)16(19)17(23)20-11-15(22)21-18(4,5)10-14-9-7-6-8-13(14)3;/h6-9,12,16H,10-11,19H2,1-5H3,(H,20,23)(H,21,22);1H/t16-;/m0./s1. The molecule has 0 aliphatic carbocycles. The summed E-state index contributed by atoms with van der Waals surface area (Å²) in [5.41, 5.74) is 7.75. The number of halogens is 1. The Morgan fingerprint density at radius 2 is 1.79 bits per heavy atom. The van der Waals surface area contributed by atoms with E-state index >= 15 is 0 Å². The number of aryl methyl sites for hydroxylation is 1. The maximum atomic E-state index is 12.1. The van der Waals surface area contributed by atoms with Gasteiger partial charge < -0.3 is 16.4 Å². The molecule has 0 radical (unpaired) electrons. The van der Waals surface area contributed by atoms with E-state index in [0.717, 1.165) is 6.42 Å². The van der Waals surface area contributed by atoms with Crippen molar-refractivity contribution in [2.45, 2.75) is 52.6 Å². The van der Waals surface area contributed by atoms with Gasteiger partial charge in [0.2, 0.25) is 11.8 Å². The van der Waals surface area contributed by atoms with Gasteiger partial charge in [0.15, 0.2) is 0 Å². The van der Waals surface area contributed by atoms with E-state index in [1.165, 1.54) is 11.1 Å². The van der Waals surface area contributed by atoms with Gasteiger partial charge in [0.1, 0.15) is 0 Å². The van der Waals surface area contributed by atoms with Crippen molar-refractivity contribution in [1.29, 1.82) is 0 Å². The highest BCUT2D eigenvalue weighted by molar-refractivity contribution is 5.87. The van der Waals surface area contributed by atoms with E-state index < -0.39 is 11.6 Å². The molecule has 2 amide bonds. The zero-order chi connectivity index (χ0) is 17.6. The Morgan fingerprint density at radius 3 is 2.33 bits per heavy atom. The smallest absolute Gasteiger partial charge is 0.239 e. The summed E-state index contributed by atoms with van der Waals surface area (Å²) in [6.07, 6.45) is 0.727. The summed E-state index contributed by atoms with van der Waals surface area (Å²) in [6, 6.07) is 7.52. The zero-order valence-electron chi connectivity index (χ0n) is 15.2. The third kappa shape index (κ3) is 7.32. The Kier molecular flexibility index (Phi) is 9.01. The van der Waals surface area contributed by atoms with Gasteiger partial charge in [0.25, 0.3) is 0 Å². The maximum absolute atomic E-state index is 12.1. The van der Waals surface area contributed by atoms with Crippen LogP contribution < -0.4 is 16.4 Å². The van der Waals surface area contributed by atoms with Gasteiger partial charge in [0.05, 0.1) is 12.6 Å². The molecular weight excluding hydrogens is 326 g/mol. The highest BCUT2D eigenvalue weighted by Gasteiger charge is 2.23. The van der Waals surface area contributed by atoms with Crippen LogP contribution in [0.1, 0.15) is 38.8 Å². The largest absolute Gasteiger partial charge is 0.349 e. The molecule has 0 aliphatic rings. The molecule has 5 nitrogen and oxygen atoms in total. The number of carbonyl (C=O) groups excluding carboxylic acids is 2. The number of carbonyl (C=O) groups is 2. The van der Waals surface area contributed by atoms with Crippen LogP contribution in [0.25, 0.3) is 0 Å². The fourth-order valence-electron chi connectivity index (χ4n) is 2.34. The van der Waals surface area contributed by atoms with Crippen molar-refractivity contribution in [2.75, 3.05) is 6.54 Å². The third-order valence-electron chi connectivity index (χ3n) is 3.82. The number of amides is 2. The van der Waals surface area contributed by atoms with Gasteiger partial charge in [-0.1, -0.05) is 38.1 Å². The van der Waals surface area contributed by atoms with Gasteiger partial charge in [-0.05, 0) is 44.2 Å². The van der Waals surface area contributed by atoms with Crippen molar-refractivity contribution < 1.29 is 9.59 Å². The highest BCUT2D eigenvalue weighted by Crippen LogP contribution is 2.16. The molecular formula is C18H30ClN3O2. The molecule has 0 aromatic heterocycles. The summed E-state index contributed by atoms with van der Waals surface area (Å²) in [7, 11) is 0. The first-order valence-electron chi connectivity index (χ1n) is 8.01. The van der Waals surface area contributed by atoms with Gasteiger partial charge in [0, 0.05) is 5.54 Å². The Balaban J connectivity index is 0.00000529. The molecule has 0 fully saturated rings. The lowest BCUT2D eigenvalue weighted by atomic mass is 9.92. The van der Waals surface area contributed by atoms with Gasteiger partial charge in [-0.15, -0.1) is 12.4 Å². The Labute approximate surface area is 151 Å². The number of nitrogens with two attached hydrogens (primary N) is 1. The monoisotopic (exact) mass is 355 g/mol. The zero-order valence-corrected chi connectivity index (χ0v) is 16.0. The molecule has 24 heavy (non-hydrogen) atoms. The lowest BCUT2D eigenvalue weighted by Crippen LogP contribution is -2.51. The summed E-state index contributed by atoms with van der Waals surface area (Å²) in [4.78, 5) is 23.8. The Morgan fingerprint density at radius 1 is 1.21 bits per heavy atom. The van der Waals surface area contributed by atoms with Crippen molar-refractivity contribution in [2.24, 2.45) is 11.7 Å². The van der Waals surface area contributed by atoms with Gasteiger partial charge in [-0.3, -0.25) is 9.59 Å². The normalized spacial score (nSPS) is 12.3. The predicted molar refractivity (Wildman–Crippen MR) is 100 cm³/mol. The van der Waals surface area contributed by atoms with Crippen LogP contribution in [-0.4, -0.2) is 29.9 Å². The second-order valence-corrected chi connectivity index (χ2v) is 7.02. The fraction of sp³-hybridized carbons (Fsp3) is 0.556. The van der Waals surface area contributed by atoms with E-state index in [9.17, 15) is 9.59 Å². The minimum Gasteiger partial charge on any atom is -0.349 e. The van der Waals surface area contributed by atoms with E-state index in [1.807, 2.05) is 39.8 Å². The van der Waals surface area contributed by atoms with Crippen LogP contribution in [-0.2, 0) is 16.0 Å². The van der Waals surface area contributed by atoms with Crippen molar-refractivity contribution in [3.63, 3.8) is 0 Å². The van der Waals surface area contributed by atoms with Crippen LogP contribution in [0.3, 0.4) is 0 Å². The van der Waals surface area contributed by atoms with Crippen LogP contribution >= 0.6 is 12.4 Å². The lowest BCUT2D eigenvalue weighted by Gasteiger charge is -2.27. The molecule has 1 aromatic carbocycles. The Hall–Kier alpha value is -1.59. The van der Waals surface area contributed by atoms with E-state index in [1.54, 1.807) is 0 Å². The highest BCUT2D eigenvalue weighted by atomic mass is 35.5. The van der Waals surface area contributed by atoms with E-state index in [2.05, 4.69) is 29.7 Å². The van der Waals surface area contributed by atoms with E-state index in [0.29, 0.717) is 0 Å². The molecule has 1 atom stereocenters. The van der Waals surface area contributed by atoms with Crippen LogP contribution in [0.4, 0.5) is 0 Å². The molecule has 6 heteroatoms. The average Bonchev–Trinajstić information content (AvgIpc) is 2.45. The van der Waals surface area contributed by atoms with Gasteiger partial charge >= 0.3 is 0 Å². The number of hydrogen-bond acceptors (Lipinski definition) is 3. The second-order valence-electron chi connectivity index (χ2n) is 7.02. The molecule has 0 saturated carbocycles. The van der Waals surface area contributed by atoms with Crippen LogP contribution in [0.2, 0.25) is 0 Å². The van der Waals surface area contributed by atoms with E-state index in [4.69, 9.17) is 5.73 Å². The van der Waals surface area contributed by atoms with E-state index in [-0.39, 0.29) is 36.7 Å². The predicted octanol–water partition coefficient (Wildman–Crippen LogP) is 1.95. The van der Waals surface area contributed by atoms with Crippen LogP contribution in [0, 0.1) is 12.8 Å². The number of rotatable bonds is 7. The summed E-state index contributed by atoms with van der Waals surface area (Å²) in [5, 5.41) is 5.55. The Bertz CT molecular complexity index is 559. The first-order valence-corrected chi connectivity index (χ1v) is 8.01. The quantitative estimate of drug-likeness (QED) is 0.699. The summed E-state index contributed by atoms with van der Waals surface area (Å²) in [5.74, 6) is -0.477. The molecule has 0 aliphatic heterocycles. The summed E-state index contributed by atoms with van der Waals surface area (Å²) in [6.45, 7) is 9.68. The van der Waals surface area contributed by atoms with Gasteiger partial charge in [-0.2, -0.15) is 0 Å². The molecule has 1 rings (SSSR count). The fourth-order valence-corrected chi connectivity index (χ4v) is 2.34. The van der Waals surface area contributed by atoms with Crippen molar-refractivity contribution in [3.05, 3.63) is 35.4 Å². The van der Waals surface area contributed by atoms with Crippen molar-refractivity contribution in [3.8, 4) is 0 Å².